The van der Waals surface area contributed by atoms with Crippen molar-refractivity contribution in [1.29, 1.82) is 0 Å². The number of hydrogen-bond donors (Lipinski definition) is 1. The SMILES string of the molecule is O=C(C1CCNCC1)N(CCOc1ccc(Cl)cc1)C(c1ccc(Cl)cc1)c1ccccn1. The second kappa shape index (κ2) is 11.5. The number of halogens is 2. The molecular formula is C26H27Cl2N3O2. The quantitative estimate of drug-likeness (QED) is 0.466. The van der Waals surface area contributed by atoms with E-state index in [9.17, 15) is 4.79 Å². The van der Waals surface area contributed by atoms with Crippen LogP contribution >= 0.6 is 23.2 Å². The Balaban J connectivity index is 1.63. The van der Waals surface area contributed by atoms with Crippen LogP contribution in [-0.2, 0) is 4.79 Å². The average molecular weight is 484 g/mol. The summed E-state index contributed by atoms with van der Waals surface area (Å²) in [5, 5.41) is 4.65. The normalized spacial score (nSPS) is 15.1. The third kappa shape index (κ3) is 6.26. The second-order valence-corrected chi connectivity index (χ2v) is 8.94. The van der Waals surface area contributed by atoms with Crippen molar-refractivity contribution in [3.8, 4) is 5.75 Å². The van der Waals surface area contributed by atoms with Crippen molar-refractivity contribution in [2.75, 3.05) is 26.2 Å². The lowest BCUT2D eigenvalue weighted by atomic mass is 9.93. The minimum Gasteiger partial charge on any atom is -0.492 e. The molecule has 4 rings (SSSR count). The highest BCUT2D eigenvalue weighted by molar-refractivity contribution is 6.30. The van der Waals surface area contributed by atoms with E-state index < -0.39 is 0 Å². The minimum atomic E-state index is -0.334. The summed E-state index contributed by atoms with van der Waals surface area (Å²) in [6.45, 7) is 2.48. The van der Waals surface area contributed by atoms with Crippen LogP contribution in [0.2, 0.25) is 10.0 Å². The molecule has 1 atom stereocenters. The fourth-order valence-corrected chi connectivity index (χ4v) is 4.41. The number of rotatable bonds is 8. The van der Waals surface area contributed by atoms with Gasteiger partial charge < -0.3 is 15.0 Å². The van der Waals surface area contributed by atoms with E-state index in [0.717, 1.165) is 42.9 Å². The summed E-state index contributed by atoms with van der Waals surface area (Å²) < 4.78 is 5.96. The molecule has 7 heteroatoms. The number of carbonyl (C=O) groups excluding carboxylic acids is 1. The number of piperidine rings is 1. The molecule has 1 fully saturated rings. The van der Waals surface area contributed by atoms with Crippen molar-refractivity contribution in [3.05, 3.63) is 94.2 Å². The molecule has 1 amide bonds. The Kier molecular flexibility index (Phi) is 8.21. The summed E-state index contributed by atoms with van der Waals surface area (Å²) in [5.41, 5.74) is 1.78. The van der Waals surface area contributed by atoms with E-state index in [1.807, 2.05) is 59.5 Å². The van der Waals surface area contributed by atoms with Crippen molar-refractivity contribution in [1.82, 2.24) is 15.2 Å². The number of pyridine rings is 1. The fourth-order valence-electron chi connectivity index (χ4n) is 4.16. The lowest BCUT2D eigenvalue weighted by Gasteiger charge is -2.35. The van der Waals surface area contributed by atoms with E-state index in [1.54, 1.807) is 18.3 Å². The van der Waals surface area contributed by atoms with E-state index in [4.69, 9.17) is 27.9 Å². The van der Waals surface area contributed by atoms with Crippen molar-refractivity contribution in [2.45, 2.75) is 18.9 Å². The molecule has 0 bridgehead atoms. The van der Waals surface area contributed by atoms with Crippen molar-refractivity contribution >= 4 is 29.1 Å². The molecule has 1 saturated heterocycles. The van der Waals surface area contributed by atoms with Crippen molar-refractivity contribution in [3.63, 3.8) is 0 Å². The Morgan fingerprint density at radius 2 is 1.67 bits per heavy atom. The number of carbonyl (C=O) groups is 1. The van der Waals surface area contributed by atoms with E-state index in [0.29, 0.717) is 23.2 Å². The molecule has 1 N–H and O–H groups in total. The van der Waals surface area contributed by atoms with Gasteiger partial charge in [0.1, 0.15) is 12.4 Å². The molecule has 1 aromatic heterocycles. The monoisotopic (exact) mass is 483 g/mol. The predicted molar refractivity (Wildman–Crippen MR) is 132 cm³/mol. The Morgan fingerprint density at radius 3 is 2.30 bits per heavy atom. The summed E-state index contributed by atoms with van der Waals surface area (Å²) in [5.74, 6) is 0.816. The Labute approximate surface area is 204 Å². The Morgan fingerprint density at radius 1 is 1.00 bits per heavy atom. The maximum atomic E-state index is 13.8. The molecular weight excluding hydrogens is 457 g/mol. The van der Waals surface area contributed by atoms with Gasteiger partial charge in [0.25, 0.3) is 0 Å². The van der Waals surface area contributed by atoms with Gasteiger partial charge in [0.05, 0.1) is 18.3 Å². The first kappa shape index (κ1) is 23.6. The lowest BCUT2D eigenvalue weighted by molar-refractivity contribution is -0.138. The number of benzene rings is 2. The number of hydrogen-bond acceptors (Lipinski definition) is 4. The standard InChI is InChI=1S/C26H27Cl2N3O2/c27-21-6-4-19(5-7-21)25(24-3-1-2-14-30-24)31(26(32)20-12-15-29-16-13-20)17-18-33-23-10-8-22(28)9-11-23/h1-11,14,20,25,29H,12-13,15-18H2. The molecule has 1 aliphatic rings. The van der Waals surface area contributed by atoms with Gasteiger partial charge in [0.2, 0.25) is 5.91 Å². The van der Waals surface area contributed by atoms with Gasteiger partial charge in [-0.1, -0.05) is 41.4 Å². The van der Waals surface area contributed by atoms with Gasteiger partial charge in [-0.05, 0) is 80.0 Å². The molecule has 0 radical (unpaired) electrons. The smallest absolute Gasteiger partial charge is 0.226 e. The molecule has 3 aromatic rings. The summed E-state index contributed by atoms with van der Waals surface area (Å²) in [7, 11) is 0. The predicted octanol–water partition coefficient (Wildman–Crippen LogP) is 5.39. The topological polar surface area (TPSA) is 54.5 Å². The zero-order valence-corrected chi connectivity index (χ0v) is 19.8. The first-order chi connectivity index (χ1) is 16.1. The third-order valence-corrected chi connectivity index (χ3v) is 6.36. The van der Waals surface area contributed by atoms with Gasteiger partial charge in [-0.25, -0.2) is 0 Å². The van der Waals surface area contributed by atoms with Gasteiger partial charge in [-0.2, -0.15) is 0 Å². The molecule has 2 heterocycles. The zero-order chi connectivity index (χ0) is 23.0. The van der Waals surface area contributed by atoms with Gasteiger partial charge in [-0.3, -0.25) is 9.78 Å². The number of amides is 1. The van der Waals surface area contributed by atoms with E-state index in [-0.39, 0.29) is 17.9 Å². The first-order valence-electron chi connectivity index (χ1n) is 11.2. The molecule has 5 nitrogen and oxygen atoms in total. The number of aromatic nitrogens is 1. The maximum absolute atomic E-state index is 13.8. The summed E-state index contributed by atoms with van der Waals surface area (Å²) in [6.07, 6.45) is 3.40. The molecule has 0 aliphatic carbocycles. The lowest BCUT2D eigenvalue weighted by Crippen LogP contribution is -2.45. The van der Waals surface area contributed by atoms with E-state index in [2.05, 4.69) is 10.3 Å². The molecule has 0 saturated carbocycles. The van der Waals surface area contributed by atoms with Crippen molar-refractivity contribution in [2.24, 2.45) is 5.92 Å². The molecule has 2 aromatic carbocycles. The maximum Gasteiger partial charge on any atom is 0.226 e. The first-order valence-corrected chi connectivity index (χ1v) is 11.9. The largest absolute Gasteiger partial charge is 0.492 e. The van der Waals surface area contributed by atoms with Gasteiger partial charge in [0, 0.05) is 22.2 Å². The highest BCUT2D eigenvalue weighted by Crippen LogP contribution is 2.31. The summed E-state index contributed by atoms with van der Waals surface area (Å²) >= 11 is 12.1. The van der Waals surface area contributed by atoms with Crippen LogP contribution < -0.4 is 10.1 Å². The zero-order valence-electron chi connectivity index (χ0n) is 18.3. The van der Waals surface area contributed by atoms with E-state index in [1.165, 1.54) is 0 Å². The highest BCUT2D eigenvalue weighted by atomic mass is 35.5. The van der Waals surface area contributed by atoms with Crippen LogP contribution in [0.3, 0.4) is 0 Å². The van der Waals surface area contributed by atoms with Crippen LogP contribution in [0.15, 0.2) is 72.9 Å². The summed E-state index contributed by atoms with van der Waals surface area (Å²) in [6, 6.07) is 20.3. The number of nitrogens with one attached hydrogen (secondary N) is 1. The van der Waals surface area contributed by atoms with Gasteiger partial charge in [0.15, 0.2) is 0 Å². The fraction of sp³-hybridized carbons (Fsp3) is 0.308. The Bertz CT molecular complexity index is 1020. The highest BCUT2D eigenvalue weighted by Gasteiger charge is 2.33. The van der Waals surface area contributed by atoms with E-state index >= 15 is 0 Å². The van der Waals surface area contributed by atoms with Crippen LogP contribution in [0.25, 0.3) is 0 Å². The summed E-state index contributed by atoms with van der Waals surface area (Å²) in [4.78, 5) is 20.3. The van der Waals surface area contributed by atoms with Gasteiger partial charge in [-0.15, -0.1) is 0 Å². The van der Waals surface area contributed by atoms with Crippen molar-refractivity contribution < 1.29 is 9.53 Å². The minimum absolute atomic E-state index is 0.0275. The Hall–Kier alpha value is -2.60. The average Bonchev–Trinajstić information content (AvgIpc) is 2.86. The van der Waals surface area contributed by atoms with Crippen LogP contribution in [-0.4, -0.2) is 42.0 Å². The van der Waals surface area contributed by atoms with Crippen LogP contribution in [0.1, 0.15) is 30.1 Å². The van der Waals surface area contributed by atoms with Crippen LogP contribution in [0.5, 0.6) is 5.75 Å². The molecule has 33 heavy (non-hydrogen) atoms. The molecule has 172 valence electrons. The third-order valence-electron chi connectivity index (χ3n) is 5.85. The second-order valence-electron chi connectivity index (χ2n) is 8.07. The van der Waals surface area contributed by atoms with Gasteiger partial charge >= 0.3 is 0 Å². The molecule has 0 spiro atoms. The number of nitrogens with zero attached hydrogens (tertiary/aromatic N) is 2. The van der Waals surface area contributed by atoms with Crippen LogP contribution in [0, 0.1) is 5.92 Å². The molecule has 1 aliphatic heterocycles. The van der Waals surface area contributed by atoms with Crippen LogP contribution in [0.4, 0.5) is 0 Å². The molecule has 1 unspecified atom stereocenters. The number of ether oxygens (including phenoxy) is 1.